The number of benzene rings is 4. The maximum Gasteiger partial charge on any atom is 0.255 e. The number of hydrogen-bond donors (Lipinski definition) is 2. The highest BCUT2D eigenvalue weighted by Gasteiger charge is 2.34. The molecule has 8 heteroatoms. The number of hydrogen-bond acceptors (Lipinski definition) is 6. The van der Waals surface area contributed by atoms with E-state index in [-0.39, 0.29) is 33.6 Å². The van der Waals surface area contributed by atoms with E-state index in [9.17, 15) is 19.2 Å². The molecule has 0 fully saturated rings. The van der Waals surface area contributed by atoms with Gasteiger partial charge in [0.1, 0.15) is 11.5 Å². The van der Waals surface area contributed by atoms with Crippen molar-refractivity contribution in [1.29, 1.82) is 0 Å². The molecular weight excluding hydrogens is 484 g/mol. The predicted molar refractivity (Wildman–Crippen MR) is 142 cm³/mol. The van der Waals surface area contributed by atoms with Crippen LogP contribution in [0.15, 0.2) is 84.9 Å². The summed E-state index contributed by atoms with van der Waals surface area (Å²) in [5.41, 5.74) is 1.38. The second-order valence-corrected chi connectivity index (χ2v) is 8.49. The summed E-state index contributed by atoms with van der Waals surface area (Å²) in [4.78, 5) is 53.4. The minimum Gasteiger partial charge on any atom is -0.497 e. The molecule has 5 rings (SSSR count). The summed E-state index contributed by atoms with van der Waals surface area (Å²) in [6.45, 7) is 0. The van der Waals surface area contributed by atoms with Crippen molar-refractivity contribution >= 4 is 34.8 Å². The van der Waals surface area contributed by atoms with E-state index in [2.05, 4.69) is 10.6 Å². The van der Waals surface area contributed by atoms with Gasteiger partial charge in [0.25, 0.3) is 11.8 Å². The van der Waals surface area contributed by atoms with E-state index in [1.807, 2.05) is 0 Å². The third-order valence-electron chi connectivity index (χ3n) is 6.24. The maximum atomic E-state index is 13.6. The highest BCUT2D eigenvalue weighted by atomic mass is 16.5. The Morgan fingerprint density at radius 3 is 1.39 bits per heavy atom. The first kappa shape index (κ1) is 24.5. The van der Waals surface area contributed by atoms with Gasteiger partial charge in [-0.2, -0.15) is 0 Å². The fourth-order valence-corrected chi connectivity index (χ4v) is 4.35. The second-order valence-electron chi connectivity index (χ2n) is 8.49. The number of carbonyl (C=O) groups excluding carboxylic acids is 4. The maximum absolute atomic E-state index is 13.6. The lowest BCUT2D eigenvalue weighted by Crippen LogP contribution is -2.26. The minimum absolute atomic E-state index is 0.00777. The Balaban J connectivity index is 1.58. The molecule has 1 aliphatic rings. The van der Waals surface area contributed by atoms with Gasteiger partial charge in [-0.1, -0.05) is 36.4 Å². The van der Waals surface area contributed by atoms with Crippen molar-refractivity contribution in [2.24, 2.45) is 0 Å². The first-order valence-electron chi connectivity index (χ1n) is 11.7. The Morgan fingerprint density at radius 1 is 0.579 bits per heavy atom. The minimum atomic E-state index is -0.488. The van der Waals surface area contributed by atoms with Gasteiger partial charge in [-0.15, -0.1) is 0 Å². The van der Waals surface area contributed by atoms with E-state index < -0.39 is 23.4 Å². The van der Waals surface area contributed by atoms with Crippen LogP contribution in [0.2, 0.25) is 0 Å². The quantitative estimate of drug-likeness (QED) is 0.336. The number of anilines is 2. The van der Waals surface area contributed by atoms with Crippen molar-refractivity contribution in [3.8, 4) is 11.5 Å². The zero-order valence-electron chi connectivity index (χ0n) is 20.5. The van der Waals surface area contributed by atoms with Gasteiger partial charge in [0.15, 0.2) is 11.6 Å². The number of methoxy groups -OCH3 is 2. The summed E-state index contributed by atoms with van der Waals surface area (Å²) in [7, 11) is 2.99. The van der Waals surface area contributed by atoms with E-state index in [0.717, 1.165) is 0 Å². The molecular formula is C30H22N2O6. The average Bonchev–Trinajstić information content (AvgIpc) is 2.96. The normalized spacial score (nSPS) is 11.7. The van der Waals surface area contributed by atoms with Crippen LogP contribution in [0.1, 0.15) is 52.6 Å². The molecule has 0 saturated carbocycles. The van der Waals surface area contributed by atoms with Crippen LogP contribution in [0.3, 0.4) is 0 Å². The van der Waals surface area contributed by atoms with Crippen LogP contribution in [0.4, 0.5) is 11.4 Å². The molecule has 0 unspecified atom stereocenters. The Morgan fingerprint density at radius 2 is 1.00 bits per heavy atom. The Labute approximate surface area is 218 Å². The zero-order chi connectivity index (χ0) is 26.8. The number of carbonyl (C=O) groups is 4. The number of rotatable bonds is 6. The van der Waals surface area contributed by atoms with Gasteiger partial charge in [0.2, 0.25) is 0 Å². The van der Waals surface area contributed by atoms with E-state index in [0.29, 0.717) is 22.6 Å². The summed E-state index contributed by atoms with van der Waals surface area (Å²) in [5.74, 6) is -0.857. The first-order valence-corrected chi connectivity index (χ1v) is 11.7. The van der Waals surface area contributed by atoms with Crippen molar-refractivity contribution in [3.05, 3.63) is 118 Å². The number of amides is 2. The molecule has 0 aromatic heterocycles. The summed E-state index contributed by atoms with van der Waals surface area (Å²) in [6, 6.07) is 22.5. The van der Waals surface area contributed by atoms with Crippen LogP contribution < -0.4 is 20.1 Å². The van der Waals surface area contributed by atoms with Gasteiger partial charge in [-0.25, -0.2) is 0 Å². The number of ether oxygens (including phenoxy) is 2. The zero-order valence-corrected chi connectivity index (χ0v) is 20.5. The Hall–Kier alpha value is -5.24. The molecule has 0 aliphatic heterocycles. The second kappa shape index (κ2) is 10.0. The van der Waals surface area contributed by atoms with Gasteiger partial charge < -0.3 is 20.1 Å². The van der Waals surface area contributed by atoms with Crippen LogP contribution >= 0.6 is 0 Å². The molecule has 0 atom stereocenters. The number of fused-ring (bicyclic) bond motifs is 2. The SMILES string of the molecule is COc1cccc(C(=O)Nc2ccc(NC(=O)c3cccc(OC)c3)c3c2C(=O)c2ccccc2C3=O)c1. The standard InChI is InChI=1S/C30H22N2O6/c1-37-19-9-5-7-17(15-19)29(35)31-23-13-14-24(32-30(36)18-8-6-10-20(16-18)38-2)26-25(23)27(33)21-11-3-4-12-22(21)28(26)34/h3-16H,1-2H3,(H,31,35)(H,32,36). The average molecular weight is 507 g/mol. The van der Waals surface area contributed by atoms with Crippen LogP contribution in [-0.4, -0.2) is 37.6 Å². The van der Waals surface area contributed by atoms with Crippen LogP contribution in [0.5, 0.6) is 11.5 Å². The lowest BCUT2D eigenvalue weighted by atomic mass is 9.82. The van der Waals surface area contributed by atoms with Gasteiger partial charge >= 0.3 is 0 Å². The van der Waals surface area contributed by atoms with Crippen LogP contribution in [0, 0.1) is 0 Å². The van der Waals surface area contributed by atoms with Crippen LogP contribution in [-0.2, 0) is 0 Å². The van der Waals surface area contributed by atoms with Gasteiger partial charge in [-0.05, 0) is 48.5 Å². The number of nitrogens with one attached hydrogen (secondary N) is 2. The molecule has 2 amide bonds. The third-order valence-corrected chi connectivity index (χ3v) is 6.24. The predicted octanol–water partition coefficient (Wildman–Crippen LogP) is 4.98. The molecule has 38 heavy (non-hydrogen) atoms. The van der Waals surface area contributed by atoms with Crippen molar-refractivity contribution < 1.29 is 28.7 Å². The topological polar surface area (TPSA) is 111 Å². The van der Waals surface area contributed by atoms with Crippen molar-refractivity contribution in [1.82, 2.24) is 0 Å². The molecule has 4 aromatic carbocycles. The van der Waals surface area contributed by atoms with E-state index in [1.165, 1.54) is 26.4 Å². The van der Waals surface area contributed by atoms with Crippen molar-refractivity contribution in [2.45, 2.75) is 0 Å². The van der Waals surface area contributed by atoms with E-state index in [4.69, 9.17) is 9.47 Å². The molecule has 2 N–H and O–H groups in total. The molecule has 0 heterocycles. The lowest BCUT2D eigenvalue weighted by Gasteiger charge is -2.23. The molecule has 8 nitrogen and oxygen atoms in total. The molecule has 0 saturated heterocycles. The van der Waals surface area contributed by atoms with E-state index >= 15 is 0 Å². The van der Waals surface area contributed by atoms with E-state index in [1.54, 1.807) is 72.8 Å². The van der Waals surface area contributed by atoms with Gasteiger partial charge in [-0.3, -0.25) is 19.2 Å². The Kier molecular flexibility index (Phi) is 6.45. The van der Waals surface area contributed by atoms with Gasteiger partial charge in [0, 0.05) is 22.3 Å². The summed E-state index contributed by atoms with van der Waals surface area (Å²) >= 11 is 0. The fourth-order valence-electron chi connectivity index (χ4n) is 4.35. The highest BCUT2D eigenvalue weighted by molar-refractivity contribution is 6.33. The first-order chi connectivity index (χ1) is 18.4. The molecule has 188 valence electrons. The molecule has 0 radical (unpaired) electrons. The Bertz CT molecular complexity index is 1510. The molecule has 0 spiro atoms. The summed E-state index contributed by atoms with van der Waals surface area (Å²) in [5, 5.41) is 5.50. The smallest absolute Gasteiger partial charge is 0.255 e. The lowest BCUT2D eigenvalue weighted by molar-refractivity contribution is 0.0977. The highest BCUT2D eigenvalue weighted by Crippen LogP contribution is 2.37. The van der Waals surface area contributed by atoms with Gasteiger partial charge in [0.05, 0.1) is 36.7 Å². The number of ketones is 2. The fraction of sp³-hybridized carbons (Fsp3) is 0.0667. The summed E-state index contributed by atoms with van der Waals surface area (Å²) in [6.07, 6.45) is 0. The largest absolute Gasteiger partial charge is 0.497 e. The summed E-state index contributed by atoms with van der Waals surface area (Å²) < 4.78 is 10.4. The van der Waals surface area contributed by atoms with Crippen molar-refractivity contribution in [2.75, 3.05) is 24.9 Å². The molecule has 4 aromatic rings. The molecule has 0 bridgehead atoms. The monoisotopic (exact) mass is 506 g/mol. The third kappa shape index (κ3) is 4.39. The molecule has 1 aliphatic carbocycles. The van der Waals surface area contributed by atoms with Crippen molar-refractivity contribution in [3.63, 3.8) is 0 Å². The van der Waals surface area contributed by atoms with Crippen LogP contribution in [0.25, 0.3) is 0 Å².